The second-order valence-electron chi connectivity index (χ2n) is 2.87. The van der Waals surface area contributed by atoms with Crippen LogP contribution >= 0.6 is 15.9 Å². The molecule has 0 nitrogen and oxygen atoms in total. The van der Waals surface area contributed by atoms with Gasteiger partial charge in [0.15, 0.2) is 0 Å². The quantitative estimate of drug-likeness (QED) is 0.462. The maximum Gasteiger partial charge on any atom is 0.00938 e. The van der Waals surface area contributed by atoms with Crippen molar-refractivity contribution in [1.82, 2.24) is 0 Å². The Bertz CT molecular complexity index is 102. The van der Waals surface area contributed by atoms with Crippen molar-refractivity contribution in [2.24, 2.45) is 5.41 Å². The summed E-state index contributed by atoms with van der Waals surface area (Å²) < 4.78 is 0. The van der Waals surface area contributed by atoms with Gasteiger partial charge in [-0.15, -0.1) is 0 Å². The number of allylic oxidation sites excluding steroid dienone is 2. The van der Waals surface area contributed by atoms with Crippen molar-refractivity contribution in [3.8, 4) is 0 Å². The first-order valence-corrected chi connectivity index (χ1v) is 4.66. The molecule has 1 rings (SSSR count). The van der Waals surface area contributed by atoms with Gasteiger partial charge in [-0.3, -0.25) is 0 Å². The fourth-order valence-electron chi connectivity index (χ4n) is 1.24. The van der Waals surface area contributed by atoms with Crippen molar-refractivity contribution in [3.05, 3.63) is 12.2 Å². The molecule has 0 aromatic carbocycles. The van der Waals surface area contributed by atoms with Crippen LogP contribution in [0, 0.1) is 5.41 Å². The van der Waals surface area contributed by atoms with Gasteiger partial charge in [0, 0.05) is 5.33 Å². The summed E-state index contributed by atoms with van der Waals surface area (Å²) in [6.45, 7) is 2.27. The summed E-state index contributed by atoms with van der Waals surface area (Å²) in [5, 5.41) is 1.16. The molecule has 0 radical (unpaired) electrons. The van der Waals surface area contributed by atoms with E-state index in [2.05, 4.69) is 35.0 Å². The van der Waals surface area contributed by atoms with Crippen molar-refractivity contribution in [2.75, 3.05) is 5.33 Å². The molecule has 0 atom stereocenters. The molecule has 52 valence electrons. The van der Waals surface area contributed by atoms with Gasteiger partial charge in [0.1, 0.15) is 0 Å². The molecule has 0 saturated heterocycles. The Morgan fingerprint density at radius 3 is 2.22 bits per heavy atom. The molecular formula is C8H13Br. The molecule has 0 aromatic heterocycles. The first-order chi connectivity index (χ1) is 4.33. The highest BCUT2D eigenvalue weighted by atomic mass is 79.9. The molecule has 0 heterocycles. The van der Waals surface area contributed by atoms with Gasteiger partial charge in [0.2, 0.25) is 0 Å². The standard InChI is InChI=1S/C8H13Br/c1-2-8(7-9)5-3-4-6-8/h3-4H,2,5-7H2,1H3. The van der Waals surface area contributed by atoms with Gasteiger partial charge >= 0.3 is 0 Å². The van der Waals surface area contributed by atoms with E-state index in [0.717, 1.165) is 5.33 Å². The third-order valence-corrected chi connectivity index (χ3v) is 3.49. The fourth-order valence-corrected chi connectivity index (χ4v) is 2.10. The van der Waals surface area contributed by atoms with E-state index in [1.54, 1.807) is 0 Å². The summed E-state index contributed by atoms with van der Waals surface area (Å²) in [5.74, 6) is 0. The first kappa shape index (κ1) is 7.33. The van der Waals surface area contributed by atoms with Crippen molar-refractivity contribution < 1.29 is 0 Å². The van der Waals surface area contributed by atoms with Gasteiger partial charge in [-0.25, -0.2) is 0 Å². The molecule has 0 saturated carbocycles. The molecular weight excluding hydrogens is 176 g/mol. The summed E-state index contributed by atoms with van der Waals surface area (Å²) in [6.07, 6.45) is 8.43. The molecule has 0 N–H and O–H groups in total. The molecule has 0 bridgehead atoms. The lowest BCUT2D eigenvalue weighted by Gasteiger charge is -2.23. The molecule has 9 heavy (non-hydrogen) atoms. The van der Waals surface area contributed by atoms with E-state index in [-0.39, 0.29) is 0 Å². The Morgan fingerprint density at radius 1 is 1.44 bits per heavy atom. The van der Waals surface area contributed by atoms with E-state index in [1.807, 2.05) is 0 Å². The van der Waals surface area contributed by atoms with Crippen LogP contribution in [0.1, 0.15) is 26.2 Å². The van der Waals surface area contributed by atoms with Crippen LogP contribution in [-0.4, -0.2) is 5.33 Å². The number of halogens is 1. The summed E-state index contributed by atoms with van der Waals surface area (Å²) in [6, 6.07) is 0. The van der Waals surface area contributed by atoms with E-state index in [9.17, 15) is 0 Å². The van der Waals surface area contributed by atoms with Gasteiger partial charge in [0.05, 0.1) is 0 Å². The van der Waals surface area contributed by atoms with E-state index >= 15 is 0 Å². The van der Waals surface area contributed by atoms with Crippen molar-refractivity contribution in [2.45, 2.75) is 26.2 Å². The largest absolute Gasteiger partial charge is 0.0922 e. The van der Waals surface area contributed by atoms with Crippen LogP contribution in [0.25, 0.3) is 0 Å². The van der Waals surface area contributed by atoms with Gasteiger partial charge in [0.25, 0.3) is 0 Å². The second-order valence-corrected chi connectivity index (χ2v) is 3.43. The lowest BCUT2D eigenvalue weighted by atomic mass is 9.85. The Balaban J connectivity index is 2.50. The van der Waals surface area contributed by atoms with Crippen molar-refractivity contribution >= 4 is 15.9 Å². The lowest BCUT2D eigenvalue weighted by molar-refractivity contribution is 0.350. The van der Waals surface area contributed by atoms with Gasteiger partial charge in [-0.2, -0.15) is 0 Å². The van der Waals surface area contributed by atoms with Crippen LogP contribution in [0.4, 0.5) is 0 Å². The highest BCUT2D eigenvalue weighted by Gasteiger charge is 2.26. The third-order valence-electron chi connectivity index (χ3n) is 2.30. The SMILES string of the molecule is CCC1(CBr)CC=CC1. The average Bonchev–Trinajstić information content (AvgIpc) is 2.36. The minimum atomic E-state index is 0.583. The molecule has 0 unspecified atom stereocenters. The number of hydrogen-bond donors (Lipinski definition) is 0. The topological polar surface area (TPSA) is 0 Å². The lowest BCUT2D eigenvalue weighted by Crippen LogP contribution is -2.16. The van der Waals surface area contributed by atoms with E-state index in [4.69, 9.17) is 0 Å². The van der Waals surface area contributed by atoms with Crippen LogP contribution in [0.3, 0.4) is 0 Å². The third kappa shape index (κ3) is 1.37. The number of rotatable bonds is 2. The molecule has 0 aliphatic heterocycles. The van der Waals surface area contributed by atoms with Crippen molar-refractivity contribution in [3.63, 3.8) is 0 Å². The normalized spacial score (nSPS) is 22.9. The molecule has 0 amide bonds. The van der Waals surface area contributed by atoms with E-state index in [1.165, 1.54) is 19.3 Å². The van der Waals surface area contributed by atoms with E-state index < -0.39 is 0 Å². The number of alkyl halides is 1. The first-order valence-electron chi connectivity index (χ1n) is 3.54. The van der Waals surface area contributed by atoms with Crippen LogP contribution < -0.4 is 0 Å². The monoisotopic (exact) mass is 188 g/mol. The highest BCUT2D eigenvalue weighted by Crippen LogP contribution is 2.37. The summed E-state index contributed by atoms with van der Waals surface area (Å²) in [4.78, 5) is 0. The average molecular weight is 189 g/mol. The molecule has 1 aliphatic rings. The van der Waals surface area contributed by atoms with Gasteiger partial charge in [-0.1, -0.05) is 35.0 Å². The van der Waals surface area contributed by atoms with Crippen LogP contribution in [-0.2, 0) is 0 Å². The molecule has 0 fully saturated rings. The van der Waals surface area contributed by atoms with Gasteiger partial charge < -0.3 is 0 Å². The van der Waals surface area contributed by atoms with Gasteiger partial charge in [-0.05, 0) is 24.7 Å². The number of hydrogen-bond acceptors (Lipinski definition) is 0. The van der Waals surface area contributed by atoms with E-state index in [0.29, 0.717) is 5.41 Å². The second kappa shape index (κ2) is 2.87. The maximum absolute atomic E-state index is 3.55. The Morgan fingerprint density at radius 2 is 2.00 bits per heavy atom. The Hall–Kier alpha value is 0.220. The fraction of sp³-hybridized carbons (Fsp3) is 0.750. The van der Waals surface area contributed by atoms with Crippen LogP contribution in [0.5, 0.6) is 0 Å². The predicted octanol–water partition coefficient (Wildman–Crippen LogP) is 3.13. The zero-order valence-electron chi connectivity index (χ0n) is 5.86. The molecule has 1 heteroatoms. The molecule has 0 spiro atoms. The highest BCUT2D eigenvalue weighted by molar-refractivity contribution is 9.09. The molecule has 0 aromatic rings. The zero-order chi connectivity index (χ0) is 6.74. The minimum absolute atomic E-state index is 0.583. The summed E-state index contributed by atoms with van der Waals surface area (Å²) in [5.41, 5.74) is 0.583. The summed E-state index contributed by atoms with van der Waals surface area (Å²) >= 11 is 3.55. The van der Waals surface area contributed by atoms with Crippen LogP contribution in [0.15, 0.2) is 12.2 Å². The van der Waals surface area contributed by atoms with Crippen LogP contribution in [0.2, 0.25) is 0 Å². The Kier molecular flexibility index (Phi) is 2.34. The minimum Gasteiger partial charge on any atom is -0.0922 e. The summed E-state index contributed by atoms with van der Waals surface area (Å²) in [7, 11) is 0. The smallest absolute Gasteiger partial charge is 0.00938 e. The maximum atomic E-state index is 3.55. The Labute approximate surface area is 65.5 Å². The van der Waals surface area contributed by atoms with Crippen molar-refractivity contribution in [1.29, 1.82) is 0 Å². The predicted molar refractivity (Wildman–Crippen MR) is 44.9 cm³/mol. The zero-order valence-corrected chi connectivity index (χ0v) is 7.45. The molecule has 1 aliphatic carbocycles.